The lowest BCUT2D eigenvalue weighted by molar-refractivity contribution is -0.117. The fraction of sp³-hybridized carbons (Fsp3) is 0.261. The van der Waals surface area contributed by atoms with Crippen LogP contribution in [0.2, 0.25) is 5.02 Å². The second kappa shape index (κ2) is 7.74. The molecular formula is C23H22ClN5O2. The van der Waals surface area contributed by atoms with Gasteiger partial charge in [0.05, 0.1) is 30.4 Å². The molecule has 0 saturated heterocycles. The van der Waals surface area contributed by atoms with Gasteiger partial charge in [0.15, 0.2) is 5.82 Å². The first-order chi connectivity index (χ1) is 15.0. The first-order valence-electron chi connectivity index (χ1n) is 10.3. The molecule has 7 nitrogen and oxygen atoms in total. The Labute approximate surface area is 185 Å². The van der Waals surface area contributed by atoms with Gasteiger partial charge < -0.3 is 19.7 Å². The molecule has 8 heteroatoms. The van der Waals surface area contributed by atoms with E-state index < -0.39 is 0 Å². The lowest BCUT2D eigenvalue weighted by atomic mass is 10.1. The molecule has 2 aliphatic heterocycles. The molecule has 158 valence electrons. The molecule has 31 heavy (non-hydrogen) atoms. The number of nitrogens with one attached hydrogen (secondary N) is 1. The van der Waals surface area contributed by atoms with Gasteiger partial charge in [0.1, 0.15) is 0 Å². The van der Waals surface area contributed by atoms with E-state index in [-0.39, 0.29) is 24.4 Å². The number of nitrogens with zero attached hydrogens (tertiary/aromatic N) is 4. The van der Waals surface area contributed by atoms with E-state index >= 15 is 0 Å². The van der Waals surface area contributed by atoms with Gasteiger partial charge in [-0.2, -0.15) is 0 Å². The highest BCUT2D eigenvalue weighted by Gasteiger charge is 2.31. The van der Waals surface area contributed by atoms with Gasteiger partial charge in [-0.1, -0.05) is 23.7 Å². The van der Waals surface area contributed by atoms with Crippen molar-refractivity contribution in [3.05, 3.63) is 76.7 Å². The van der Waals surface area contributed by atoms with Crippen LogP contribution in [0.15, 0.2) is 54.9 Å². The molecule has 2 aliphatic rings. The smallest absolute Gasteiger partial charge is 0.256 e. The summed E-state index contributed by atoms with van der Waals surface area (Å²) in [4.78, 5) is 34.0. The van der Waals surface area contributed by atoms with Crippen LogP contribution in [0.25, 0.3) is 0 Å². The first-order valence-corrected chi connectivity index (χ1v) is 10.6. The Morgan fingerprint density at radius 1 is 1.23 bits per heavy atom. The third-order valence-corrected chi connectivity index (χ3v) is 6.22. The van der Waals surface area contributed by atoms with Gasteiger partial charge in [-0.3, -0.25) is 9.59 Å². The highest BCUT2D eigenvalue weighted by atomic mass is 35.5. The number of pyridine rings is 1. The van der Waals surface area contributed by atoms with E-state index in [1.165, 1.54) is 0 Å². The maximum absolute atomic E-state index is 13.3. The van der Waals surface area contributed by atoms with E-state index in [9.17, 15) is 9.59 Å². The third-order valence-electron chi connectivity index (χ3n) is 5.97. The van der Waals surface area contributed by atoms with Crippen LogP contribution in [0.4, 0.5) is 11.5 Å². The Kier molecular flexibility index (Phi) is 4.90. The zero-order valence-electron chi connectivity index (χ0n) is 17.1. The molecule has 5 rings (SSSR count). The van der Waals surface area contributed by atoms with Crippen LogP contribution < -0.4 is 10.2 Å². The minimum absolute atomic E-state index is 0.0304. The zero-order valence-corrected chi connectivity index (χ0v) is 17.8. The Bertz CT molecular complexity index is 1160. The Balaban J connectivity index is 1.45. The Morgan fingerprint density at radius 3 is 2.84 bits per heavy atom. The van der Waals surface area contributed by atoms with E-state index in [0.717, 1.165) is 17.8 Å². The summed E-state index contributed by atoms with van der Waals surface area (Å²) in [6.07, 6.45) is 3.63. The van der Waals surface area contributed by atoms with E-state index in [2.05, 4.69) is 14.9 Å². The van der Waals surface area contributed by atoms with Crippen LogP contribution in [-0.2, 0) is 17.9 Å². The van der Waals surface area contributed by atoms with Crippen molar-refractivity contribution in [2.75, 3.05) is 23.3 Å². The molecule has 1 atom stereocenters. The molecule has 4 heterocycles. The van der Waals surface area contributed by atoms with Crippen molar-refractivity contribution in [3.63, 3.8) is 0 Å². The number of carbonyl (C=O) groups excluding carboxylic acids is 2. The van der Waals surface area contributed by atoms with Gasteiger partial charge in [-0.15, -0.1) is 0 Å². The van der Waals surface area contributed by atoms with Crippen LogP contribution >= 0.6 is 11.6 Å². The van der Waals surface area contributed by atoms with E-state index in [4.69, 9.17) is 11.6 Å². The summed E-state index contributed by atoms with van der Waals surface area (Å²) in [7, 11) is 0. The average Bonchev–Trinajstić information content (AvgIpc) is 3.26. The summed E-state index contributed by atoms with van der Waals surface area (Å²) in [5.74, 6) is 0.448. The molecule has 0 radical (unpaired) electrons. The Morgan fingerprint density at radius 2 is 2.03 bits per heavy atom. The van der Waals surface area contributed by atoms with Gasteiger partial charge in [0.25, 0.3) is 5.91 Å². The number of rotatable bonds is 3. The lowest BCUT2D eigenvalue weighted by Gasteiger charge is -2.35. The highest BCUT2D eigenvalue weighted by molar-refractivity contribution is 6.30. The molecule has 3 aromatic rings. The van der Waals surface area contributed by atoms with E-state index in [0.29, 0.717) is 35.2 Å². The summed E-state index contributed by atoms with van der Waals surface area (Å²) in [6.45, 7) is 3.98. The van der Waals surface area contributed by atoms with Crippen LogP contribution in [0, 0.1) is 0 Å². The minimum atomic E-state index is -0.0836. The maximum Gasteiger partial charge on any atom is 0.256 e. The number of carbonyl (C=O) groups is 2. The second-order valence-electron chi connectivity index (χ2n) is 7.85. The molecule has 1 aromatic carbocycles. The largest absolute Gasteiger partial charge is 0.359 e. The SMILES string of the molecule is CC1c2cccn2CCN1C(=O)c1cnc2c(c1)N(Cc1ccc(Cl)cc1)C(=O)CN2. The molecule has 0 spiro atoms. The molecule has 1 unspecified atom stereocenters. The number of hydrogen-bond donors (Lipinski definition) is 1. The quantitative estimate of drug-likeness (QED) is 0.680. The summed E-state index contributed by atoms with van der Waals surface area (Å²) < 4.78 is 2.18. The molecule has 1 N–H and O–H groups in total. The minimum Gasteiger partial charge on any atom is -0.359 e. The van der Waals surface area contributed by atoms with Crippen molar-refractivity contribution in [3.8, 4) is 0 Å². The summed E-state index contributed by atoms with van der Waals surface area (Å²) in [6, 6.07) is 13.2. The van der Waals surface area contributed by atoms with Crippen molar-refractivity contribution in [1.29, 1.82) is 0 Å². The number of halogens is 1. The number of anilines is 2. The summed E-state index contributed by atoms with van der Waals surface area (Å²) in [5.41, 5.74) is 3.16. The number of amides is 2. The monoisotopic (exact) mass is 435 g/mol. The fourth-order valence-corrected chi connectivity index (χ4v) is 4.40. The molecule has 0 saturated carbocycles. The van der Waals surface area contributed by atoms with Crippen molar-refractivity contribution < 1.29 is 9.59 Å². The zero-order chi connectivity index (χ0) is 21.5. The van der Waals surface area contributed by atoms with Crippen LogP contribution in [0.1, 0.15) is 34.6 Å². The van der Waals surface area contributed by atoms with E-state index in [1.54, 1.807) is 29.3 Å². The van der Waals surface area contributed by atoms with Gasteiger partial charge in [-0.05, 0) is 42.8 Å². The van der Waals surface area contributed by atoms with Crippen molar-refractivity contribution in [2.24, 2.45) is 0 Å². The number of fused-ring (bicyclic) bond motifs is 2. The van der Waals surface area contributed by atoms with Crippen molar-refractivity contribution >= 4 is 34.9 Å². The topological polar surface area (TPSA) is 70.5 Å². The van der Waals surface area contributed by atoms with Crippen LogP contribution in [0.3, 0.4) is 0 Å². The number of hydrogen-bond acceptors (Lipinski definition) is 4. The van der Waals surface area contributed by atoms with E-state index in [1.807, 2.05) is 42.3 Å². The fourth-order valence-electron chi connectivity index (χ4n) is 4.27. The summed E-state index contributed by atoms with van der Waals surface area (Å²) in [5, 5.41) is 3.70. The normalized spacial score (nSPS) is 17.7. The van der Waals surface area contributed by atoms with Gasteiger partial charge in [-0.25, -0.2) is 4.98 Å². The molecular weight excluding hydrogens is 414 g/mol. The first kappa shape index (κ1) is 19.6. The standard InChI is InChI=1S/C23H22ClN5O2/c1-15-19-3-2-8-27(19)9-10-28(15)23(31)17-11-20-22(25-12-17)26-13-21(30)29(20)14-16-4-6-18(24)7-5-16/h2-8,11-12,15H,9-10,13-14H2,1H3,(H,25,26). The third kappa shape index (κ3) is 3.55. The van der Waals surface area contributed by atoms with Gasteiger partial charge >= 0.3 is 0 Å². The van der Waals surface area contributed by atoms with Crippen molar-refractivity contribution in [2.45, 2.75) is 26.1 Å². The molecule has 0 fully saturated rings. The van der Waals surface area contributed by atoms with Crippen molar-refractivity contribution in [1.82, 2.24) is 14.5 Å². The van der Waals surface area contributed by atoms with Crippen LogP contribution in [0.5, 0.6) is 0 Å². The second-order valence-corrected chi connectivity index (χ2v) is 8.29. The molecule has 2 amide bonds. The maximum atomic E-state index is 13.3. The molecule has 2 aromatic heterocycles. The predicted molar refractivity (Wildman–Crippen MR) is 119 cm³/mol. The predicted octanol–water partition coefficient (Wildman–Crippen LogP) is 3.71. The average molecular weight is 436 g/mol. The highest BCUT2D eigenvalue weighted by Crippen LogP contribution is 2.32. The summed E-state index contributed by atoms with van der Waals surface area (Å²) >= 11 is 5.99. The van der Waals surface area contributed by atoms with Gasteiger partial charge in [0, 0.05) is 36.2 Å². The lowest BCUT2D eigenvalue weighted by Crippen LogP contribution is -2.42. The molecule has 0 aliphatic carbocycles. The van der Waals surface area contributed by atoms with Crippen LogP contribution in [-0.4, -0.2) is 39.4 Å². The Hall–Kier alpha value is -3.32. The van der Waals surface area contributed by atoms with Gasteiger partial charge in [0.2, 0.25) is 5.91 Å². The number of benzene rings is 1. The molecule has 0 bridgehead atoms. The number of aromatic nitrogens is 2.